The van der Waals surface area contributed by atoms with Crippen molar-refractivity contribution in [2.24, 2.45) is 11.8 Å². The summed E-state index contributed by atoms with van der Waals surface area (Å²) in [5, 5.41) is 0.983. The third-order valence-corrected chi connectivity index (χ3v) is 6.84. The molecule has 4 rings (SSSR count). The van der Waals surface area contributed by atoms with Gasteiger partial charge in [-0.3, -0.25) is 4.79 Å². The van der Waals surface area contributed by atoms with Crippen LogP contribution in [-0.4, -0.2) is 39.9 Å². The maximum absolute atomic E-state index is 11.4. The minimum absolute atomic E-state index is 0.462. The number of nitrogens with zero attached hydrogens (tertiary/aromatic N) is 3. The van der Waals surface area contributed by atoms with E-state index < -0.39 is 0 Å². The Balaban J connectivity index is 1.41. The zero-order chi connectivity index (χ0) is 18.1. The molecule has 140 valence electrons. The number of carbonyl (C=O) groups is 1. The van der Waals surface area contributed by atoms with Crippen LogP contribution in [0.2, 0.25) is 0 Å². The van der Waals surface area contributed by atoms with Crippen LogP contribution in [0.1, 0.15) is 68.8 Å². The smallest absolute Gasteiger partial charge is 0.152 e. The number of pyridine rings is 1. The maximum atomic E-state index is 11.4. The van der Waals surface area contributed by atoms with E-state index in [0.717, 1.165) is 53.6 Å². The number of likely N-dealkylation sites (tertiary alicyclic amines) is 1. The molecule has 4 heteroatoms. The van der Waals surface area contributed by atoms with Gasteiger partial charge in [-0.25, -0.2) is 4.98 Å². The molecule has 0 N–H and O–H groups in total. The number of aldehydes is 1. The third-order valence-electron chi connectivity index (χ3n) is 6.84. The van der Waals surface area contributed by atoms with Gasteiger partial charge in [-0.1, -0.05) is 13.8 Å². The Labute approximate surface area is 156 Å². The van der Waals surface area contributed by atoms with E-state index in [1.807, 2.05) is 24.5 Å². The zero-order valence-electron chi connectivity index (χ0n) is 16.1. The molecular weight excluding hydrogens is 322 g/mol. The van der Waals surface area contributed by atoms with Crippen LogP contribution in [0.15, 0.2) is 24.5 Å². The van der Waals surface area contributed by atoms with Crippen LogP contribution in [0.4, 0.5) is 0 Å². The van der Waals surface area contributed by atoms with Crippen molar-refractivity contribution >= 4 is 17.3 Å². The van der Waals surface area contributed by atoms with Gasteiger partial charge in [0.05, 0.1) is 0 Å². The summed E-state index contributed by atoms with van der Waals surface area (Å²) in [6.07, 6.45) is 12.7. The van der Waals surface area contributed by atoms with Crippen LogP contribution >= 0.6 is 0 Å². The van der Waals surface area contributed by atoms with Crippen LogP contribution < -0.4 is 0 Å². The Morgan fingerprint density at radius 3 is 2.46 bits per heavy atom. The average Bonchev–Trinajstić information content (AvgIpc) is 3.07. The van der Waals surface area contributed by atoms with Crippen molar-refractivity contribution in [3.8, 4) is 0 Å². The Kier molecular flexibility index (Phi) is 5.12. The SMILES string of the molecule is CC(C)C1CCC(N2CCC(n3cc(C=O)c4cccnc43)CC2)CC1. The number of carbonyl (C=O) groups excluding carboxylic acids is 1. The molecule has 0 bridgehead atoms. The third kappa shape index (κ3) is 3.32. The van der Waals surface area contributed by atoms with Crippen LogP contribution in [0.3, 0.4) is 0 Å². The normalized spacial score (nSPS) is 25.8. The van der Waals surface area contributed by atoms with Crippen LogP contribution in [0.5, 0.6) is 0 Å². The molecule has 2 aromatic heterocycles. The van der Waals surface area contributed by atoms with Gasteiger partial charge < -0.3 is 9.47 Å². The second-order valence-corrected chi connectivity index (χ2v) is 8.56. The van der Waals surface area contributed by atoms with E-state index in [9.17, 15) is 4.79 Å². The summed E-state index contributed by atoms with van der Waals surface area (Å²) in [4.78, 5) is 18.7. The number of aromatic nitrogens is 2. The fourth-order valence-corrected chi connectivity index (χ4v) is 5.14. The Hall–Kier alpha value is -1.68. The van der Waals surface area contributed by atoms with Gasteiger partial charge in [0.1, 0.15) is 5.65 Å². The minimum atomic E-state index is 0.462. The molecule has 0 unspecified atom stereocenters. The first-order valence-corrected chi connectivity index (χ1v) is 10.3. The van der Waals surface area contributed by atoms with Gasteiger partial charge in [0, 0.05) is 48.5 Å². The summed E-state index contributed by atoms with van der Waals surface area (Å²) in [6.45, 7) is 7.09. The van der Waals surface area contributed by atoms with Crippen molar-refractivity contribution in [1.29, 1.82) is 0 Å². The summed E-state index contributed by atoms with van der Waals surface area (Å²) in [7, 11) is 0. The molecular formula is C22H31N3O. The highest BCUT2D eigenvalue weighted by Crippen LogP contribution is 2.35. The summed E-state index contributed by atoms with van der Waals surface area (Å²) in [5.41, 5.74) is 1.73. The number of piperidine rings is 1. The summed E-state index contributed by atoms with van der Waals surface area (Å²) in [5.74, 6) is 1.77. The highest BCUT2D eigenvalue weighted by molar-refractivity contribution is 5.96. The monoisotopic (exact) mass is 353 g/mol. The lowest BCUT2D eigenvalue weighted by Gasteiger charge is -2.41. The minimum Gasteiger partial charge on any atom is -0.329 e. The van der Waals surface area contributed by atoms with Crippen molar-refractivity contribution in [3.05, 3.63) is 30.1 Å². The molecule has 2 aromatic rings. The van der Waals surface area contributed by atoms with E-state index >= 15 is 0 Å². The molecule has 1 aliphatic carbocycles. The molecule has 4 nitrogen and oxygen atoms in total. The predicted molar refractivity (Wildman–Crippen MR) is 106 cm³/mol. The van der Waals surface area contributed by atoms with Gasteiger partial charge in [-0.05, 0) is 62.5 Å². The Morgan fingerprint density at radius 2 is 1.81 bits per heavy atom. The van der Waals surface area contributed by atoms with Crippen molar-refractivity contribution < 1.29 is 4.79 Å². The lowest BCUT2D eigenvalue weighted by molar-refractivity contribution is 0.0893. The molecule has 0 radical (unpaired) electrons. The quantitative estimate of drug-likeness (QED) is 0.748. The summed E-state index contributed by atoms with van der Waals surface area (Å²) < 4.78 is 2.26. The zero-order valence-corrected chi connectivity index (χ0v) is 16.1. The van der Waals surface area contributed by atoms with E-state index in [1.54, 1.807) is 0 Å². The lowest BCUT2D eigenvalue weighted by Crippen LogP contribution is -2.43. The number of rotatable bonds is 4. The fraction of sp³-hybridized carbons (Fsp3) is 0.636. The van der Waals surface area contributed by atoms with E-state index in [-0.39, 0.29) is 0 Å². The first-order chi connectivity index (χ1) is 12.7. The van der Waals surface area contributed by atoms with Crippen molar-refractivity contribution in [3.63, 3.8) is 0 Å². The molecule has 2 fully saturated rings. The predicted octanol–water partition coefficient (Wildman–Crippen LogP) is 4.70. The van der Waals surface area contributed by atoms with E-state index in [1.165, 1.54) is 38.8 Å². The molecule has 1 aliphatic heterocycles. The second kappa shape index (κ2) is 7.51. The first kappa shape index (κ1) is 17.7. The summed E-state index contributed by atoms with van der Waals surface area (Å²) in [6, 6.07) is 5.17. The number of hydrogen-bond donors (Lipinski definition) is 0. The van der Waals surface area contributed by atoms with Gasteiger partial charge in [0.2, 0.25) is 0 Å². The van der Waals surface area contributed by atoms with E-state index in [4.69, 9.17) is 0 Å². The van der Waals surface area contributed by atoms with Gasteiger partial charge in [-0.15, -0.1) is 0 Å². The van der Waals surface area contributed by atoms with Gasteiger partial charge in [-0.2, -0.15) is 0 Å². The highest BCUT2D eigenvalue weighted by Gasteiger charge is 2.30. The second-order valence-electron chi connectivity index (χ2n) is 8.56. The molecule has 26 heavy (non-hydrogen) atoms. The number of fused-ring (bicyclic) bond motifs is 1. The van der Waals surface area contributed by atoms with Gasteiger partial charge in [0.15, 0.2) is 6.29 Å². The van der Waals surface area contributed by atoms with Gasteiger partial charge in [0.25, 0.3) is 0 Å². The standard InChI is InChI=1S/C22H31N3O/c1-16(2)17-5-7-19(8-6-17)24-12-9-20(10-13-24)25-14-18(15-26)21-4-3-11-23-22(21)25/h3-4,11,14-17,19-20H,5-10,12-13H2,1-2H3. The average molecular weight is 354 g/mol. The largest absolute Gasteiger partial charge is 0.329 e. The molecule has 0 amide bonds. The molecule has 1 saturated heterocycles. The first-order valence-electron chi connectivity index (χ1n) is 10.3. The van der Waals surface area contributed by atoms with Crippen LogP contribution in [0, 0.1) is 11.8 Å². The Morgan fingerprint density at radius 1 is 1.08 bits per heavy atom. The highest BCUT2D eigenvalue weighted by atomic mass is 16.1. The molecule has 1 saturated carbocycles. The van der Waals surface area contributed by atoms with Crippen molar-refractivity contribution in [1.82, 2.24) is 14.5 Å². The molecule has 0 aromatic carbocycles. The molecule has 0 spiro atoms. The van der Waals surface area contributed by atoms with Gasteiger partial charge >= 0.3 is 0 Å². The topological polar surface area (TPSA) is 38.1 Å². The molecule has 0 atom stereocenters. The number of hydrogen-bond acceptors (Lipinski definition) is 3. The van der Waals surface area contributed by atoms with E-state index in [2.05, 4.69) is 28.3 Å². The van der Waals surface area contributed by atoms with Crippen LogP contribution in [-0.2, 0) is 0 Å². The Bertz CT molecular complexity index is 750. The lowest BCUT2D eigenvalue weighted by atomic mass is 9.79. The molecule has 3 heterocycles. The van der Waals surface area contributed by atoms with Crippen molar-refractivity contribution in [2.45, 2.75) is 64.5 Å². The maximum Gasteiger partial charge on any atom is 0.152 e. The molecule has 2 aliphatic rings. The van der Waals surface area contributed by atoms with Crippen molar-refractivity contribution in [2.75, 3.05) is 13.1 Å². The van der Waals surface area contributed by atoms with Crippen LogP contribution in [0.25, 0.3) is 11.0 Å². The summed E-state index contributed by atoms with van der Waals surface area (Å²) >= 11 is 0. The van der Waals surface area contributed by atoms with E-state index in [0.29, 0.717) is 6.04 Å². The fourth-order valence-electron chi connectivity index (χ4n) is 5.14.